The lowest BCUT2D eigenvalue weighted by molar-refractivity contribution is -0.126. The Morgan fingerprint density at radius 1 is 1.25 bits per heavy atom. The van der Waals surface area contributed by atoms with E-state index < -0.39 is 10.0 Å². The van der Waals surface area contributed by atoms with Gasteiger partial charge in [0.1, 0.15) is 4.21 Å². The van der Waals surface area contributed by atoms with E-state index in [0.29, 0.717) is 23.7 Å². The van der Waals surface area contributed by atoms with Gasteiger partial charge in [0, 0.05) is 38.9 Å². The van der Waals surface area contributed by atoms with Gasteiger partial charge in [0.15, 0.2) is 0 Å². The number of hydrogen-bond donors (Lipinski definition) is 1. The number of hydrogen-bond acceptors (Lipinski definition) is 5. The van der Waals surface area contributed by atoms with Crippen molar-refractivity contribution in [1.82, 2.24) is 9.62 Å². The number of nitrogens with one attached hydrogen (secondary N) is 1. The van der Waals surface area contributed by atoms with E-state index in [1.54, 1.807) is 17.5 Å². The first-order valence-corrected chi connectivity index (χ1v) is 11.9. The largest absolute Gasteiger partial charge is 0.375 e. The maximum absolute atomic E-state index is 12.7. The summed E-state index contributed by atoms with van der Waals surface area (Å²) in [5.41, 5.74) is 1.15. The van der Waals surface area contributed by atoms with Crippen molar-refractivity contribution in [2.24, 2.45) is 5.92 Å². The number of piperidine rings is 1. The third kappa shape index (κ3) is 5.12. The summed E-state index contributed by atoms with van der Waals surface area (Å²) in [5, 5.41) is 4.74. The van der Waals surface area contributed by atoms with Gasteiger partial charge in [-0.2, -0.15) is 4.31 Å². The number of carbonyl (C=O) groups is 1. The quantitative estimate of drug-likeness (QED) is 0.666. The van der Waals surface area contributed by atoms with Crippen molar-refractivity contribution in [2.45, 2.75) is 23.5 Å². The molecule has 1 fully saturated rings. The molecule has 1 atom stereocenters. The van der Waals surface area contributed by atoms with E-state index in [1.165, 1.54) is 15.6 Å². The van der Waals surface area contributed by atoms with Gasteiger partial charge in [-0.05, 0) is 42.8 Å². The van der Waals surface area contributed by atoms with Crippen molar-refractivity contribution in [3.8, 4) is 0 Å². The highest BCUT2D eigenvalue weighted by molar-refractivity contribution is 7.91. The number of amides is 1. The van der Waals surface area contributed by atoms with Gasteiger partial charge in [-0.25, -0.2) is 8.42 Å². The number of thiophene rings is 1. The smallest absolute Gasteiger partial charge is 0.252 e. The highest BCUT2D eigenvalue weighted by Crippen LogP contribution is 2.26. The van der Waals surface area contributed by atoms with Crippen molar-refractivity contribution in [1.29, 1.82) is 0 Å². The van der Waals surface area contributed by atoms with Crippen LogP contribution >= 0.6 is 11.3 Å². The van der Waals surface area contributed by atoms with E-state index in [1.807, 2.05) is 25.2 Å². The SMILES string of the molecule is CN(CCCNC(=O)[C@H]1CCCN(S(=O)(=O)c2cccs2)C1)c1ccccc1. The minimum Gasteiger partial charge on any atom is -0.375 e. The average molecular weight is 422 g/mol. The Morgan fingerprint density at radius 3 is 2.75 bits per heavy atom. The minimum atomic E-state index is -3.49. The molecule has 2 aromatic rings. The monoisotopic (exact) mass is 421 g/mol. The minimum absolute atomic E-state index is 0.0477. The highest BCUT2D eigenvalue weighted by atomic mass is 32.2. The van der Waals surface area contributed by atoms with E-state index >= 15 is 0 Å². The second-order valence-corrected chi connectivity index (χ2v) is 10.1. The third-order valence-corrected chi connectivity index (χ3v) is 8.25. The van der Waals surface area contributed by atoms with Crippen LogP contribution in [0.1, 0.15) is 19.3 Å². The van der Waals surface area contributed by atoms with Crippen LogP contribution in [0.25, 0.3) is 0 Å². The zero-order chi connectivity index (χ0) is 20.0. The summed E-state index contributed by atoms with van der Waals surface area (Å²) >= 11 is 1.22. The second-order valence-electron chi connectivity index (χ2n) is 7.04. The van der Waals surface area contributed by atoms with E-state index in [-0.39, 0.29) is 18.4 Å². The molecule has 152 valence electrons. The molecule has 1 saturated heterocycles. The number of nitrogens with zero attached hydrogens (tertiary/aromatic N) is 2. The lowest BCUT2D eigenvalue weighted by Gasteiger charge is -2.30. The molecule has 28 heavy (non-hydrogen) atoms. The van der Waals surface area contributed by atoms with Crippen LogP contribution in [-0.4, -0.2) is 51.9 Å². The number of anilines is 1. The fraction of sp³-hybridized carbons (Fsp3) is 0.450. The molecule has 6 nitrogen and oxygen atoms in total. The molecule has 2 heterocycles. The van der Waals surface area contributed by atoms with Gasteiger partial charge in [0.2, 0.25) is 5.91 Å². The molecule has 1 N–H and O–H groups in total. The first-order valence-electron chi connectivity index (χ1n) is 9.56. The van der Waals surface area contributed by atoms with E-state index in [4.69, 9.17) is 0 Å². The van der Waals surface area contributed by atoms with Crippen LogP contribution in [0.5, 0.6) is 0 Å². The van der Waals surface area contributed by atoms with Crippen molar-refractivity contribution in [2.75, 3.05) is 38.1 Å². The normalized spacial score (nSPS) is 18.0. The number of rotatable bonds is 8. The molecule has 8 heteroatoms. The Morgan fingerprint density at radius 2 is 2.04 bits per heavy atom. The topological polar surface area (TPSA) is 69.7 Å². The van der Waals surface area contributed by atoms with Crippen molar-refractivity contribution >= 4 is 33.0 Å². The highest BCUT2D eigenvalue weighted by Gasteiger charge is 2.33. The number of sulfonamides is 1. The van der Waals surface area contributed by atoms with Crippen molar-refractivity contribution in [3.63, 3.8) is 0 Å². The number of carbonyl (C=O) groups excluding carboxylic acids is 1. The van der Waals surface area contributed by atoms with Gasteiger partial charge >= 0.3 is 0 Å². The Hall–Kier alpha value is -1.90. The molecular weight excluding hydrogens is 394 g/mol. The Labute approximate surface area is 171 Å². The Balaban J connectivity index is 1.45. The summed E-state index contributed by atoms with van der Waals surface area (Å²) in [7, 11) is -1.45. The van der Waals surface area contributed by atoms with Gasteiger partial charge in [0.05, 0.1) is 5.92 Å². The molecule has 0 saturated carbocycles. The van der Waals surface area contributed by atoms with Crippen molar-refractivity contribution < 1.29 is 13.2 Å². The van der Waals surface area contributed by atoms with Gasteiger partial charge < -0.3 is 10.2 Å². The van der Waals surface area contributed by atoms with E-state index in [0.717, 1.165) is 25.1 Å². The molecule has 1 aliphatic rings. The second kappa shape index (κ2) is 9.54. The molecule has 0 unspecified atom stereocenters. The van der Waals surface area contributed by atoms with Crippen LogP contribution in [0.4, 0.5) is 5.69 Å². The molecule has 1 aromatic heterocycles. The van der Waals surface area contributed by atoms with Crippen LogP contribution in [0, 0.1) is 5.92 Å². The molecular formula is C20H27N3O3S2. The zero-order valence-electron chi connectivity index (χ0n) is 16.1. The molecule has 3 rings (SSSR count). The summed E-state index contributed by atoms with van der Waals surface area (Å²) in [6.45, 7) is 2.17. The first kappa shape index (κ1) is 20.8. The van der Waals surface area contributed by atoms with Gasteiger partial charge in [-0.3, -0.25) is 4.79 Å². The van der Waals surface area contributed by atoms with Crippen LogP contribution in [-0.2, 0) is 14.8 Å². The number of benzene rings is 1. The lowest BCUT2D eigenvalue weighted by atomic mass is 9.99. The Bertz CT molecular complexity index is 854. The molecule has 0 radical (unpaired) electrons. The van der Waals surface area contributed by atoms with Gasteiger partial charge in [-0.15, -0.1) is 11.3 Å². The van der Waals surface area contributed by atoms with E-state index in [2.05, 4.69) is 22.3 Å². The van der Waals surface area contributed by atoms with E-state index in [9.17, 15) is 13.2 Å². The van der Waals surface area contributed by atoms with Gasteiger partial charge in [0.25, 0.3) is 10.0 Å². The molecule has 1 aliphatic heterocycles. The van der Waals surface area contributed by atoms with Crippen LogP contribution in [0.15, 0.2) is 52.1 Å². The lowest BCUT2D eigenvalue weighted by Crippen LogP contribution is -2.45. The van der Waals surface area contributed by atoms with Crippen LogP contribution in [0.3, 0.4) is 0 Å². The molecule has 1 aromatic carbocycles. The summed E-state index contributed by atoms with van der Waals surface area (Å²) in [6.07, 6.45) is 2.27. The third-order valence-electron chi connectivity index (χ3n) is 5.01. The fourth-order valence-electron chi connectivity index (χ4n) is 3.40. The molecule has 0 aliphatic carbocycles. The molecule has 1 amide bonds. The maximum atomic E-state index is 12.7. The Kier molecular flexibility index (Phi) is 7.09. The summed E-state index contributed by atoms with van der Waals surface area (Å²) in [5.74, 6) is -0.330. The zero-order valence-corrected chi connectivity index (χ0v) is 17.7. The van der Waals surface area contributed by atoms with Crippen molar-refractivity contribution in [3.05, 3.63) is 47.8 Å². The standard InChI is InChI=1S/C20H27N3O3S2/c1-22(18-9-3-2-4-10-18)13-7-12-21-20(24)17-8-5-14-23(16-17)28(25,26)19-11-6-15-27-19/h2-4,6,9-11,15,17H,5,7-8,12-14,16H2,1H3,(H,21,24)/t17-/m0/s1. The predicted octanol–water partition coefficient (Wildman–Crippen LogP) is 2.79. The maximum Gasteiger partial charge on any atom is 0.252 e. The molecule has 0 spiro atoms. The number of para-hydroxylation sites is 1. The van der Waals surface area contributed by atoms with Crippen LogP contribution in [0.2, 0.25) is 0 Å². The fourth-order valence-corrected chi connectivity index (χ4v) is 6.06. The van der Waals surface area contributed by atoms with Gasteiger partial charge in [-0.1, -0.05) is 24.3 Å². The summed E-state index contributed by atoms with van der Waals surface area (Å²) in [4.78, 5) is 14.7. The summed E-state index contributed by atoms with van der Waals surface area (Å²) < 4.78 is 27.2. The predicted molar refractivity (Wildman–Crippen MR) is 113 cm³/mol. The first-order chi connectivity index (χ1) is 13.5. The summed E-state index contributed by atoms with van der Waals surface area (Å²) in [6, 6.07) is 13.5. The van der Waals surface area contributed by atoms with Crippen LogP contribution < -0.4 is 10.2 Å². The molecule has 0 bridgehead atoms. The average Bonchev–Trinajstić information content (AvgIpc) is 3.27.